The average molecular weight is 537 g/mol. The molecule has 0 unspecified atom stereocenters. The van der Waals surface area contributed by atoms with Gasteiger partial charge >= 0.3 is 0 Å². The van der Waals surface area contributed by atoms with Gasteiger partial charge in [0.15, 0.2) is 11.5 Å². The first-order valence-corrected chi connectivity index (χ1v) is 14.4. The molecule has 2 fully saturated rings. The third-order valence-electron chi connectivity index (χ3n) is 7.48. The van der Waals surface area contributed by atoms with Crippen molar-refractivity contribution in [2.45, 2.75) is 36.0 Å². The van der Waals surface area contributed by atoms with Crippen LogP contribution in [0.25, 0.3) is 11.3 Å². The van der Waals surface area contributed by atoms with Crippen LogP contribution in [0.5, 0.6) is 11.5 Å². The fourth-order valence-corrected chi connectivity index (χ4v) is 6.12. The van der Waals surface area contributed by atoms with Crippen molar-refractivity contribution >= 4 is 21.7 Å². The molecule has 3 heterocycles. The number of hydrogen-bond donors (Lipinski definition) is 2. The largest absolute Gasteiger partial charge is 0.454 e. The number of amides is 1. The molecule has 3 aliphatic rings. The minimum absolute atomic E-state index is 0. The molecule has 1 saturated carbocycles. The summed E-state index contributed by atoms with van der Waals surface area (Å²) in [6.07, 6.45) is 3.85. The Morgan fingerprint density at radius 3 is 2.53 bits per heavy atom. The van der Waals surface area contributed by atoms with Gasteiger partial charge in [-0.25, -0.2) is 18.1 Å². The zero-order chi connectivity index (χ0) is 26.2. The van der Waals surface area contributed by atoms with E-state index in [9.17, 15) is 13.2 Å². The summed E-state index contributed by atoms with van der Waals surface area (Å²) in [5.41, 5.74) is 1.70. The SMILES string of the molecule is O=C(Nc1cccc(-c2ccc(S(=O)(=O)NCCN3CCCC3)cc2)n1)C1(c2ccc3c(c2)OCO3)CC1.[HH]. The number of pyridine rings is 1. The minimum atomic E-state index is -3.59. The maximum Gasteiger partial charge on any atom is 0.240 e. The summed E-state index contributed by atoms with van der Waals surface area (Å²) in [5.74, 6) is 1.69. The first-order valence-electron chi connectivity index (χ1n) is 12.9. The number of carbonyl (C=O) groups is 1. The first-order chi connectivity index (χ1) is 18.4. The van der Waals surface area contributed by atoms with Crippen LogP contribution in [0, 0.1) is 0 Å². The van der Waals surface area contributed by atoms with Crippen molar-refractivity contribution in [1.82, 2.24) is 14.6 Å². The molecule has 2 N–H and O–H groups in total. The number of likely N-dealkylation sites (tertiary alicyclic amines) is 1. The normalized spacial score (nSPS) is 17.9. The Hall–Kier alpha value is -3.47. The van der Waals surface area contributed by atoms with Gasteiger partial charge in [0.25, 0.3) is 0 Å². The standard InChI is InChI=1S/C28H30N4O5S.H2/c33-27(28(12-13-28)21-8-11-24-25(18-21)37-19-36-24)31-26-5-3-4-23(30-26)20-6-9-22(10-7-20)38(34,35)29-14-17-32-15-1-2-16-32;/h3-11,18,29H,1-2,12-17,19H2,(H,30,31,33);1H. The predicted molar refractivity (Wildman–Crippen MR) is 145 cm³/mol. The topological polar surface area (TPSA) is 110 Å². The third kappa shape index (κ3) is 4.99. The molecule has 0 radical (unpaired) electrons. The Kier molecular flexibility index (Phi) is 6.55. The number of sulfonamides is 1. The van der Waals surface area contributed by atoms with E-state index in [0.29, 0.717) is 29.6 Å². The summed E-state index contributed by atoms with van der Waals surface area (Å²) in [4.78, 5) is 20.4. The second-order valence-electron chi connectivity index (χ2n) is 9.98. The van der Waals surface area contributed by atoms with Crippen molar-refractivity contribution < 1.29 is 24.1 Å². The van der Waals surface area contributed by atoms with E-state index in [1.165, 1.54) is 12.8 Å². The summed E-state index contributed by atoms with van der Waals surface area (Å²) < 4.78 is 39.0. The van der Waals surface area contributed by atoms with E-state index in [4.69, 9.17) is 9.47 Å². The van der Waals surface area contributed by atoms with E-state index in [0.717, 1.165) is 43.6 Å². The molecule has 200 valence electrons. The number of hydrogen-bond acceptors (Lipinski definition) is 7. The van der Waals surface area contributed by atoms with Crippen LogP contribution in [0.15, 0.2) is 65.6 Å². The van der Waals surface area contributed by atoms with Gasteiger partial charge in [0, 0.05) is 20.1 Å². The molecular formula is C28H32N4O5S. The van der Waals surface area contributed by atoms with E-state index >= 15 is 0 Å². The minimum Gasteiger partial charge on any atom is -0.454 e. The van der Waals surface area contributed by atoms with Crippen LogP contribution in [0.4, 0.5) is 5.82 Å². The van der Waals surface area contributed by atoms with Crippen molar-refractivity contribution in [2.75, 3.05) is 38.3 Å². The average Bonchev–Trinajstić information content (AvgIpc) is 3.33. The van der Waals surface area contributed by atoms with Gasteiger partial charge in [-0.3, -0.25) is 4.79 Å². The van der Waals surface area contributed by atoms with Crippen LogP contribution in [0.1, 0.15) is 32.7 Å². The van der Waals surface area contributed by atoms with Crippen molar-refractivity contribution in [1.29, 1.82) is 0 Å². The molecule has 9 nitrogen and oxygen atoms in total. The fraction of sp³-hybridized carbons (Fsp3) is 0.357. The number of aromatic nitrogens is 1. The number of nitrogens with zero attached hydrogens (tertiary/aromatic N) is 2. The highest BCUT2D eigenvalue weighted by Gasteiger charge is 2.51. The van der Waals surface area contributed by atoms with E-state index < -0.39 is 15.4 Å². The second kappa shape index (κ2) is 10.0. The molecule has 0 bridgehead atoms. The molecule has 1 saturated heterocycles. The van der Waals surface area contributed by atoms with Crippen LogP contribution >= 0.6 is 0 Å². The summed E-state index contributed by atoms with van der Waals surface area (Å²) in [5, 5.41) is 2.97. The number of ether oxygens (including phenoxy) is 2. The van der Waals surface area contributed by atoms with Crippen molar-refractivity contribution in [3.8, 4) is 22.8 Å². The smallest absolute Gasteiger partial charge is 0.240 e. The van der Waals surface area contributed by atoms with Crippen molar-refractivity contribution in [3.05, 3.63) is 66.2 Å². The summed E-state index contributed by atoms with van der Waals surface area (Å²) in [6.45, 7) is 3.36. The molecular weight excluding hydrogens is 504 g/mol. The van der Waals surface area contributed by atoms with E-state index in [1.54, 1.807) is 30.3 Å². The van der Waals surface area contributed by atoms with E-state index in [1.807, 2.05) is 30.3 Å². The highest BCUT2D eigenvalue weighted by molar-refractivity contribution is 7.89. The number of anilines is 1. The molecule has 0 atom stereocenters. The Morgan fingerprint density at radius 1 is 1.00 bits per heavy atom. The summed E-state index contributed by atoms with van der Waals surface area (Å²) in [7, 11) is -3.59. The third-order valence-corrected chi connectivity index (χ3v) is 8.96. The van der Waals surface area contributed by atoms with Gasteiger partial charge in [-0.2, -0.15) is 0 Å². The molecule has 1 amide bonds. The Morgan fingerprint density at radius 2 is 1.76 bits per heavy atom. The van der Waals surface area contributed by atoms with Crippen molar-refractivity contribution in [2.24, 2.45) is 0 Å². The molecule has 2 aliphatic heterocycles. The lowest BCUT2D eigenvalue weighted by Gasteiger charge is -2.16. The zero-order valence-electron chi connectivity index (χ0n) is 21.0. The van der Waals surface area contributed by atoms with Crippen LogP contribution in [0.3, 0.4) is 0 Å². The highest BCUT2D eigenvalue weighted by Crippen LogP contribution is 2.51. The van der Waals surface area contributed by atoms with Crippen LogP contribution in [-0.4, -0.2) is 57.2 Å². The predicted octanol–water partition coefficient (Wildman–Crippen LogP) is 3.77. The molecule has 38 heavy (non-hydrogen) atoms. The summed E-state index contributed by atoms with van der Waals surface area (Å²) >= 11 is 0. The van der Waals surface area contributed by atoms with Gasteiger partial charge in [0.2, 0.25) is 22.7 Å². The molecule has 0 spiro atoms. The number of rotatable bonds is 9. The quantitative estimate of drug-likeness (QED) is 0.428. The second-order valence-corrected chi connectivity index (χ2v) is 11.8. The lowest BCUT2D eigenvalue weighted by Crippen LogP contribution is -2.33. The fourth-order valence-electron chi connectivity index (χ4n) is 5.10. The number of benzene rings is 2. The van der Waals surface area contributed by atoms with Gasteiger partial charge in [-0.05, 0) is 80.7 Å². The molecule has 1 aromatic heterocycles. The first kappa shape index (κ1) is 24.8. The highest BCUT2D eigenvalue weighted by atomic mass is 32.2. The van der Waals surface area contributed by atoms with Gasteiger partial charge in [-0.1, -0.05) is 24.3 Å². The number of carbonyl (C=O) groups excluding carboxylic acids is 1. The number of nitrogens with one attached hydrogen (secondary N) is 2. The summed E-state index contributed by atoms with van der Waals surface area (Å²) in [6, 6.07) is 17.7. The zero-order valence-corrected chi connectivity index (χ0v) is 21.8. The van der Waals surface area contributed by atoms with Crippen LogP contribution < -0.4 is 19.5 Å². The maximum absolute atomic E-state index is 13.3. The Balaban J connectivity index is 0.00000308. The molecule has 2 aromatic carbocycles. The molecule has 3 aromatic rings. The maximum atomic E-state index is 13.3. The van der Waals surface area contributed by atoms with Gasteiger partial charge in [-0.15, -0.1) is 0 Å². The van der Waals surface area contributed by atoms with Crippen molar-refractivity contribution in [3.63, 3.8) is 0 Å². The van der Waals surface area contributed by atoms with Gasteiger partial charge in [0.05, 0.1) is 16.0 Å². The van der Waals surface area contributed by atoms with E-state index in [2.05, 4.69) is 19.9 Å². The lowest BCUT2D eigenvalue weighted by molar-refractivity contribution is -0.118. The Labute approximate surface area is 223 Å². The molecule has 10 heteroatoms. The van der Waals surface area contributed by atoms with Crippen LogP contribution in [-0.2, 0) is 20.2 Å². The molecule has 6 rings (SSSR count). The van der Waals surface area contributed by atoms with Gasteiger partial charge in [0.1, 0.15) is 5.82 Å². The Bertz CT molecular complexity index is 1460. The molecule has 1 aliphatic carbocycles. The van der Waals surface area contributed by atoms with Crippen LogP contribution in [0.2, 0.25) is 0 Å². The van der Waals surface area contributed by atoms with Gasteiger partial charge < -0.3 is 19.7 Å². The number of fused-ring (bicyclic) bond motifs is 1. The monoisotopic (exact) mass is 536 g/mol. The van der Waals surface area contributed by atoms with E-state index in [-0.39, 0.29) is 19.0 Å². The lowest BCUT2D eigenvalue weighted by atomic mass is 9.94.